The number of ether oxygens (including phenoxy) is 2. The standard InChI is InChI=1S/C13H12O5/c1-3-17-13(15)11-6-9-10(16-2)5-4-8(7-14)12(9)18-11/h4-7H,3H2,1-2H3. The Morgan fingerprint density at radius 1 is 1.44 bits per heavy atom. The average molecular weight is 248 g/mol. The minimum atomic E-state index is -0.562. The zero-order valence-electron chi connectivity index (χ0n) is 10.1. The summed E-state index contributed by atoms with van der Waals surface area (Å²) in [6.07, 6.45) is 0.667. The van der Waals surface area contributed by atoms with Crippen molar-refractivity contribution in [3.63, 3.8) is 0 Å². The molecule has 5 heteroatoms. The van der Waals surface area contributed by atoms with Gasteiger partial charge in [-0.15, -0.1) is 0 Å². The van der Waals surface area contributed by atoms with Crippen LogP contribution in [0, 0.1) is 0 Å². The van der Waals surface area contributed by atoms with Crippen LogP contribution in [0.5, 0.6) is 5.75 Å². The molecule has 0 aliphatic rings. The Hall–Kier alpha value is -2.30. The van der Waals surface area contributed by atoms with Gasteiger partial charge in [0, 0.05) is 6.07 Å². The van der Waals surface area contributed by atoms with Crippen molar-refractivity contribution in [2.75, 3.05) is 13.7 Å². The summed E-state index contributed by atoms with van der Waals surface area (Å²) in [7, 11) is 1.51. The quantitative estimate of drug-likeness (QED) is 0.614. The third kappa shape index (κ3) is 1.95. The number of hydrogen-bond acceptors (Lipinski definition) is 5. The molecule has 5 nitrogen and oxygen atoms in total. The second-order valence-electron chi connectivity index (χ2n) is 3.55. The predicted octanol–water partition coefficient (Wildman–Crippen LogP) is 2.43. The van der Waals surface area contributed by atoms with Crippen molar-refractivity contribution in [2.45, 2.75) is 6.92 Å². The van der Waals surface area contributed by atoms with Gasteiger partial charge in [0.1, 0.15) is 11.3 Å². The number of carbonyl (C=O) groups is 2. The highest BCUT2D eigenvalue weighted by Crippen LogP contribution is 2.31. The Bertz CT molecular complexity index is 597. The fourth-order valence-corrected chi connectivity index (χ4v) is 1.69. The van der Waals surface area contributed by atoms with Gasteiger partial charge in [0.25, 0.3) is 0 Å². The first-order valence-electron chi connectivity index (χ1n) is 5.44. The molecule has 0 atom stereocenters. The lowest BCUT2D eigenvalue weighted by Gasteiger charge is -2.00. The largest absolute Gasteiger partial charge is 0.496 e. The summed E-state index contributed by atoms with van der Waals surface area (Å²) < 4.78 is 15.4. The fourth-order valence-electron chi connectivity index (χ4n) is 1.69. The van der Waals surface area contributed by atoms with Crippen molar-refractivity contribution in [1.82, 2.24) is 0 Å². The van der Waals surface area contributed by atoms with E-state index in [2.05, 4.69) is 0 Å². The SMILES string of the molecule is CCOC(=O)c1cc2c(OC)ccc(C=O)c2o1. The molecule has 0 N–H and O–H groups in total. The van der Waals surface area contributed by atoms with E-state index in [4.69, 9.17) is 13.9 Å². The lowest BCUT2D eigenvalue weighted by atomic mass is 10.1. The first-order chi connectivity index (χ1) is 8.71. The number of hydrogen-bond donors (Lipinski definition) is 0. The van der Waals surface area contributed by atoms with Crippen LogP contribution in [0.4, 0.5) is 0 Å². The highest BCUT2D eigenvalue weighted by atomic mass is 16.5. The molecule has 0 bridgehead atoms. The van der Waals surface area contributed by atoms with E-state index in [1.54, 1.807) is 19.1 Å². The van der Waals surface area contributed by atoms with Gasteiger partial charge in [-0.3, -0.25) is 4.79 Å². The normalized spacial score (nSPS) is 10.3. The molecule has 0 aliphatic heterocycles. The van der Waals surface area contributed by atoms with Gasteiger partial charge in [-0.1, -0.05) is 0 Å². The Kier molecular flexibility index (Phi) is 3.32. The number of carbonyl (C=O) groups excluding carboxylic acids is 2. The molecule has 0 fully saturated rings. The molecule has 94 valence electrons. The summed E-state index contributed by atoms with van der Waals surface area (Å²) in [5.74, 6) is 0.0296. The molecular weight excluding hydrogens is 236 g/mol. The molecule has 2 aromatic rings. The molecule has 1 aromatic carbocycles. The molecule has 0 spiro atoms. The van der Waals surface area contributed by atoms with Crippen molar-refractivity contribution in [3.8, 4) is 5.75 Å². The summed E-state index contributed by atoms with van der Waals surface area (Å²) >= 11 is 0. The molecule has 0 saturated heterocycles. The van der Waals surface area contributed by atoms with Gasteiger partial charge in [-0.2, -0.15) is 0 Å². The third-order valence-corrected chi connectivity index (χ3v) is 2.50. The van der Waals surface area contributed by atoms with Gasteiger partial charge in [-0.25, -0.2) is 4.79 Å². The van der Waals surface area contributed by atoms with Crippen LogP contribution in [0.1, 0.15) is 27.8 Å². The van der Waals surface area contributed by atoms with Gasteiger partial charge >= 0.3 is 5.97 Å². The van der Waals surface area contributed by atoms with Crippen molar-refractivity contribution in [1.29, 1.82) is 0 Å². The molecule has 1 aromatic heterocycles. The van der Waals surface area contributed by atoms with Crippen LogP contribution in [0.2, 0.25) is 0 Å². The van der Waals surface area contributed by atoms with Crippen LogP contribution in [0.15, 0.2) is 22.6 Å². The summed E-state index contributed by atoms with van der Waals surface area (Å²) in [6.45, 7) is 1.96. The first kappa shape index (κ1) is 12.2. The maximum absolute atomic E-state index is 11.6. The van der Waals surface area contributed by atoms with E-state index in [1.807, 2.05) is 0 Å². The molecule has 2 rings (SSSR count). The molecular formula is C13H12O5. The van der Waals surface area contributed by atoms with E-state index in [-0.39, 0.29) is 12.4 Å². The number of methoxy groups -OCH3 is 1. The maximum Gasteiger partial charge on any atom is 0.374 e. The van der Waals surface area contributed by atoms with Gasteiger partial charge in [0.05, 0.1) is 24.7 Å². The summed E-state index contributed by atoms with van der Waals surface area (Å²) in [4.78, 5) is 22.5. The van der Waals surface area contributed by atoms with Crippen molar-refractivity contribution in [2.24, 2.45) is 0 Å². The Morgan fingerprint density at radius 3 is 2.83 bits per heavy atom. The molecule has 18 heavy (non-hydrogen) atoms. The highest BCUT2D eigenvalue weighted by Gasteiger charge is 2.17. The minimum Gasteiger partial charge on any atom is -0.496 e. The van der Waals surface area contributed by atoms with Crippen LogP contribution in [-0.4, -0.2) is 26.0 Å². The van der Waals surface area contributed by atoms with E-state index >= 15 is 0 Å². The monoisotopic (exact) mass is 248 g/mol. The van der Waals surface area contributed by atoms with E-state index in [1.165, 1.54) is 13.2 Å². The van der Waals surface area contributed by atoms with Crippen LogP contribution >= 0.6 is 0 Å². The van der Waals surface area contributed by atoms with Gasteiger partial charge in [0.15, 0.2) is 6.29 Å². The average Bonchev–Trinajstić information content (AvgIpc) is 2.82. The fraction of sp³-hybridized carbons (Fsp3) is 0.231. The Labute approximate surface area is 103 Å². The van der Waals surface area contributed by atoms with Crippen LogP contribution in [0.25, 0.3) is 11.0 Å². The van der Waals surface area contributed by atoms with Crippen molar-refractivity contribution >= 4 is 23.2 Å². The lowest BCUT2D eigenvalue weighted by Crippen LogP contribution is -2.02. The molecule has 0 unspecified atom stereocenters. The second-order valence-corrected chi connectivity index (χ2v) is 3.55. The summed E-state index contributed by atoms with van der Waals surface area (Å²) in [5.41, 5.74) is 0.689. The molecule has 0 saturated carbocycles. The van der Waals surface area contributed by atoms with E-state index in [0.29, 0.717) is 28.6 Å². The van der Waals surface area contributed by atoms with E-state index < -0.39 is 5.97 Å². The molecule has 0 radical (unpaired) electrons. The second kappa shape index (κ2) is 4.91. The molecule has 0 amide bonds. The minimum absolute atomic E-state index is 0.0550. The zero-order chi connectivity index (χ0) is 13.1. The van der Waals surface area contributed by atoms with Gasteiger partial charge < -0.3 is 13.9 Å². The smallest absolute Gasteiger partial charge is 0.374 e. The number of furan rings is 1. The van der Waals surface area contributed by atoms with Crippen LogP contribution in [-0.2, 0) is 4.74 Å². The number of rotatable bonds is 4. The number of aldehydes is 1. The summed E-state index contributed by atoms with van der Waals surface area (Å²) in [6, 6.07) is 4.74. The molecule has 0 aliphatic carbocycles. The number of esters is 1. The van der Waals surface area contributed by atoms with Crippen LogP contribution < -0.4 is 4.74 Å². The summed E-state index contributed by atoms with van der Waals surface area (Å²) in [5, 5.41) is 0.574. The maximum atomic E-state index is 11.6. The van der Waals surface area contributed by atoms with Gasteiger partial charge in [-0.05, 0) is 19.1 Å². The van der Waals surface area contributed by atoms with Crippen molar-refractivity contribution < 1.29 is 23.5 Å². The number of benzene rings is 1. The third-order valence-electron chi connectivity index (χ3n) is 2.50. The Balaban J connectivity index is 2.61. The van der Waals surface area contributed by atoms with Gasteiger partial charge in [0.2, 0.25) is 5.76 Å². The van der Waals surface area contributed by atoms with Crippen LogP contribution in [0.3, 0.4) is 0 Å². The topological polar surface area (TPSA) is 65.7 Å². The molecule has 1 heterocycles. The Morgan fingerprint density at radius 2 is 2.22 bits per heavy atom. The predicted molar refractivity (Wildman–Crippen MR) is 64.1 cm³/mol. The zero-order valence-corrected chi connectivity index (χ0v) is 10.1. The highest BCUT2D eigenvalue weighted by molar-refractivity contribution is 6.01. The van der Waals surface area contributed by atoms with E-state index in [0.717, 1.165) is 0 Å². The van der Waals surface area contributed by atoms with E-state index in [9.17, 15) is 9.59 Å². The first-order valence-corrected chi connectivity index (χ1v) is 5.44. The van der Waals surface area contributed by atoms with Crippen molar-refractivity contribution in [3.05, 3.63) is 29.5 Å². The number of fused-ring (bicyclic) bond motifs is 1. The lowest BCUT2D eigenvalue weighted by molar-refractivity contribution is 0.0492.